The number of halogens is 1. The SMILES string of the molecule is Brc1cncc(OCCCOc2ccccc2)c1. The second-order valence-corrected chi connectivity index (χ2v) is 4.62. The van der Waals surface area contributed by atoms with Crippen molar-refractivity contribution in [3.05, 3.63) is 53.3 Å². The van der Waals surface area contributed by atoms with Crippen molar-refractivity contribution in [3.8, 4) is 11.5 Å². The van der Waals surface area contributed by atoms with Gasteiger partial charge in [-0.15, -0.1) is 0 Å². The third kappa shape index (κ3) is 4.37. The smallest absolute Gasteiger partial charge is 0.138 e. The van der Waals surface area contributed by atoms with Crippen LogP contribution in [0.1, 0.15) is 6.42 Å². The molecule has 0 aliphatic rings. The Morgan fingerprint density at radius 2 is 1.67 bits per heavy atom. The standard InChI is InChI=1S/C14H14BrNO2/c15-12-9-14(11-16-10-12)18-8-4-7-17-13-5-2-1-3-6-13/h1-3,5-6,9-11H,4,7-8H2. The summed E-state index contributed by atoms with van der Waals surface area (Å²) in [5, 5.41) is 0. The Labute approximate surface area is 115 Å². The van der Waals surface area contributed by atoms with E-state index in [0.717, 1.165) is 22.4 Å². The average molecular weight is 308 g/mol. The maximum Gasteiger partial charge on any atom is 0.138 e. The summed E-state index contributed by atoms with van der Waals surface area (Å²) in [5.74, 6) is 1.66. The van der Waals surface area contributed by atoms with Gasteiger partial charge in [0.1, 0.15) is 11.5 Å². The summed E-state index contributed by atoms with van der Waals surface area (Å²) in [6, 6.07) is 11.7. The maximum atomic E-state index is 5.56. The molecular formula is C14H14BrNO2. The van der Waals surface area contributed by atoms with Crippen molar-refractivity contribution in [2.24, 2.45) is 0 Å². The summed E-state index contributed by atoms with van der Waals surface area (Å²) in [4.78, 5) is 4.03. The summed E-state index contributed by atoms with van der Waals surface area (Å²) in [6.45, 7) is 1.26. The minimum atomic E-state index is 0.616. The molecule has 4 heteroatoms. The second-order valence-electron chi connectivity index (χ2n) is 3.70. The van der Waals surface area contributed by atoms with E-state index in [1.165, 1.54) is 0 Å². The molecule has 3 nitrogen and oxygen atoms in total. The van der Waals surface area contributed by atoms with E-state index in [9.17, 15) is 0 Å². The molecule has 0 unspecified atom stereocenters. The number of para-hydroxylation sites is 1. The average Bonchev–Trinajstić information content (AvgIpc) is 2.40. The number of pyridine rings is 1. The number of aromatic nitrogens is 1. The van der Waals surface area contributed by atoms with Gasteiger partial charge < -0.3 is 9.47 Å². The van der Waals surface area contributed by atoms with Crippen LogP contribution in [-0.4, -0.2) is 18.2 Å². The van der Waals surface area contributed by atoms with Crippen molar-refractivity contribution >= 4 is 15.9 Å². The topological polar surface area (TPSA) is 31.4 Å². The fraction of sp³-hybridized carbons (Fsp3) is 0.214. The van der Waals surface area contributed by atoms with Crippen molar-refractivity contribution in [1.29, 1.82) is 0 Å². The van der Waals surface area contributed by atoms with Crippen LogP contribution in [0.4, 0.5) is 0 Å². The van der Waals surface area contributed by atoms with Gasteiger partial charge in [-0.25, -0.2) is 0 Å². The molecule has 0 aliphatic heterocycles. The first kappa shape index (κ1) is 12.9. The van der Waals surface area contributed by atoms with Gasteiger partial charge >= 0.3 is 0 Å². The molecule has 0 N–H and O–H groups in total. The molecule has 0 saturated heterocycles. The lowest BCUT2D eigenvalue weighted by Gasteiger charge is -2.07. The highest BCUT2D eigenvalue weighted by molar-refractivity contribution is 9.10. The molecule has 1 heterocycles. The van der Waals surface area contributed by atoms with Gasteiger partial charge in [0.05, 0.1) is 19.4 Å². The summed E-state index contributed by atoms with van der Waals surface area (Å²) < 4.78 is 12.0. The van der Waals surface area contributed by atoms with Gasteiger partial charge in [-0.2, -0.15) is 0 Å². The van der Waals surface area contributed by atoms with Crippen LogP contribution < -0.4 is 9.47 Å². The van der Waals surface area contributed by atoms with Crippen LogP contribution in [0.5, 0.6) is 11.5 Å². The van der Waals surface area contributed by atoms with E-state index in [1.54, 1.807) is 12.4 Å². The van der Waals surface area contributed by atoms with Crippen molar-refractivity contribution in [3.63, 3.8) is 0 Å². The highest BCUT2D eigenvalue weighted by Gasteiger charge is 1.96. The van der Waals surface area contributed by atoms with Gasteiger partial charge in [-0.05, 0) is 34.1 Å². The zero-order valence-electron chi connectivity index (χ0n) is 9.88. The summed E-state index contributed by atoms with van der Waals surface area (Å²) in [7, 11) is 0. The van der Waals surface area contributed by atoms with E-state index in [4.69, 9.17) is 9.47 Å². The Balaban J connectivity index is 1.65. The molecule has 0 aliphatic carbocycles. The van der Waals surface area contributed by atoms with Crippen LogP contribution in [0.3, 0.4) is 0 Å². The minimum Gasteiger partial charge on any atom is -0.493 e. The van der Waals surface area contributed by atoms with E-state index in [1.807, 2.05) is 36.4 Å². The van der Waals surface area contributed by atoms with Crippen LogP contribution in [0.15, 0.2) is 53.3 Å². The van der Waals surface area contributed by atoms with E-state index >= 15 is 0 Å². The molecule has 0 spiro atoms. The lowest BCUT2D eigenvalue weighted by atomic mass is 10.3. The monoisotopic (exact) mass is 307 g/mol. The van der Waals surface area contributed by atoms with Crippen LogP contribution in [0.2, 0.25) is 0 Å². The second kappa shape index (κ2) is 7.01. The van der Waals surface area contributed by atoms with Crippen LogP contribution in [0.25, 0.3) is 0 Å². The number of rotatable bonds is 6. The predicted octanol–water partition coefficient (Wildman–Crippen LogP) is 3.69. The normalized spacial score (nSPS) is 10.1. The summed E-state index contributed by atoms with van der Waals surface area (Å²) in [5.41, 5.74) is 0. The highest BCUT2D eigenvalue weighted by Crippen LogP contribution is 2.16. The molecule has 0 amide bonds. The van der Waals surface area contributed by atoms with E-state index in [-0.39, 0.29) is 0 Å². The third-order valence-electron chi connectivity index (χ3n) is 2.25. The van der Waals surface area contributed by atoms with Crippen molar-refractivity contribution in [2.75, 3.05) is 13.2 Å². The highest BCUT2D eigenvalue weighted by atomic mass is 79.9. The molecule has 0 atom stereocenters. The molecule has 0 radical (unpaired) electrons. The van der Waals surface area contributed by atoms with Gasteiger partial charge in [0.15, 0.2) is 0 Å². The fourth-order valence-corrected chi connectivity index (χ4v) is 1.77. The van der Waals surface area contributed by atoms with Gasteiger partial charge in [-0.3, -0.25) is 4.98 Å². The van der Waals surface area contributed by atoms with Crippen molar-refractivity contribution in [1.82, 2.24) is 4.98 Å². The summed E-state index contributed by atoms with van der Waals surface area (Å²) >= 11 is 3.35. The molecule has 2 aromatic rings. The zero-order valence-corrected chi connectivity index (χ0v) is 11.5. The molecular weight excluding hydrogens is 294 g/mol. The first-order valence-corrected chi connectivity index (χ1v) is 6.55. The van der Waals surface area contributed by atoms with Gasteiger partial charge in [0.25, 0.3) is 0 Å². The Kier molecular flexibility index (Phi) is 5.02. The lowest BCUT2D eigenvalue weighted by Crippen LogP contribution is -2.05. The largest absolute Gasteiger partial charge is 0.493 e. The Morgan fingerprint density at radius 1 is 0.944 bits per heavy atom. The molecule has 0 bridgehead atoms. The molecule has 0 saturated carbocycles. The quantitative estimate of drug-likeness (QED) is 0.763. The zero-order chi connectivity index (χ0) is 12.6. The molecule has 1 aromatic carbocycles. The van der Waals surface area contributed by atoms with Gasteiger partial charge in [0, 0.05) is 17.1 Å². The van der Waals surface area contributed by atoms with Crippen LogP contribution in [0, 0.1) is 0 Å². The number of ether oxygens (including phenoxy) is 2. The number of hydrogen-bond acceptors (Lipinski definition) is 3. The fourth-order valence-electron chi connectivity index (χ4n) is 1.43. The third-order valence-corrected chi connectivity index (χ3v) is 2.68. The Morgan fingerprint density at radius 3 is 2.39 bits per heavy atom. The van der Waals surface area contributed by atoms with Crippen LogP contribution >= 0.6 is 15.9 Å². The molecule has 2 rings (SSSR count). The summed E-state index contributed by atoms with van der Waals surface area (Å²) in [6.07, 6.45) is 4.26. The van der Waals surface area contributed by atoms with Crippen molar-refractivity contribution < 1.29 is 9.47 Å². The molecule has 18 heavy (non-hydrogen) atoms. The Hall–Kier alpha value is -1.55. The van der Waals surface area contributed by atoms with E-state index < -0.39 is 0 Å². The van der Waals surface area contributed by atoms with Gasteiger partial charge in [0.2, 0.25) is 0 Å². The molecule has 94 valence electrons. The van der Waals surface area contributed by atoms with E-state index in [0.29, 0.717) is 13.2 Å². The number of hydrogen-bond donors (Lipinski definition) is 0. The number of benzene rings is 1. The van der Waals surface area contributed by atoms with Gasteiger partial charge in [-0.1, -0.05) is 18.2 Å². The molecule has 1 aromatic heterocycles. The predicted molar refractivity (Wildman–Crippen MR) is 74.0 cm³/mol. The first-order chi connectivity index (χ1) is 8.84. The van der Waals surface area contributed by atoms with E-state index in [2.05, 4.69) is 20.9 Å². The lowest BCUT2D eigenvalue weighted by molar-refractivity contribution is 0.247. The Bertz CT molecular complexity index is 476. The van der Waals surface area contributed by atoms with Crippen LogP contribution in [-0.2, 0) is 0 Å². The number of nitrogens with zero attached hydrogens (tertiary/aromatic N) is 1. The first-order valence-electron chi connectivity index (χ1n) is 5.76. The molecule has 0 fully saturated rings. The van der Waals surface area contributed by atoms with Crippen molar-refractivity contribution in [2.45, 2.75) is 6.42 Å². The maximum absolute atomic E-state index is 5.56. The minimum absolute atomic E-state index is 0.616.